The number of rotatable bonds is 0. The van der Waals surface area contributed by atoms with Crippen molar-refractivity contribution < 1.29 is 0 Å². The van der Waals surface area contributed by atoms with E-state index in [0.717, 1.165) is 38.2 Å². The van der Waals surface area contributed by atoms with Gasteiger partial charge in [0.25, 0.3) is 0 Å². The van der Waals surface area contributed by atoms with Crippen LogP contribution in [0.2, 0.25) is 0 Å². The van der Waals surface area contributed by atoms with Crippen molar-refractivity contribution >= 4 is 47.8 Å². The van der Waals surface area contributed by atoms with Gasteiger partial charge in [-0.05, 0) is 30.1 Å². The Morgan fingerprint density at radius 3 is 1.73 bits per heavy atom. The van der Waals surface area contributed by atoms with E-state index < -0.39 is 0 Å². The van der Waals surface area contributed by atoms with E-state index in [1.807, 2.05) is 0 Å². The van der Waals surface area contributed by atoms with Crippen LogP contribution in [-0.4, -0.2) is 14.5 Å². The molecule has 4 aliphatic rings. The van der Waals surface area contributed by atoms with Crippen LogP contribution in [0, 0.1) is 23.7 Å². The SMILES string of the molecule is BrC1C2C[C@H]3[C@H](Br)[C@H]3C1[C@@H]2Br. The summed E-state index contributed by atoms with van der Waals surface area (Å²) in [5.41, 5.74) is 0. The summed E-state index contributed by atoms with van der Waals surface area (Å²) in [6, 6.07) is 0. The molecule has 3 heteroatoms. The number of hydrogen-bond acceptors (Lipinski definition) is 0. The second kappa shape index (κ2) is 2.27. The molecule has 4 aliphatic carbocycles. The van der Waals surface area contributed by atoms with Crippen molar-refractivity contribution in [2.24, 2.45) is 23.7 Å². The van der Waals surface area contributed by atoms with Crippen LogP contribution in [-0.2, 0) is 0 Å². The zero-order valence-electron chi connectivity index (χ0n) is 5.88. The molecule has 2 bridgehead atoms. The highest BCUT2D eigenvalue weighted by atomic mass is 79.9. The molecular weight excluding hydrogens is 336 g/mol. The minimum atomic E-state index is 0.815. The second-order valence-electron chi connectivity index (χ2n) is 4.05. The van der Waals surface area contributed by atoms with E-state index in [1.165, 1.54) is 6.42 Å². The molecule has 0 aliphatic heterocycles. The largest absolute Gasteiger partial charge is 0.0884 e. The van der Waals surface area contributed by atoms with Crippen molar-refractivity contribution in [3.05, 3.63) is 0 Å². The van der Waals surface area contributed by atoms with Crippen molar-refractivity contribution in [3.63, 3.8) is 0 Å². The molecule has 0 aromatic rings. The third-order valence-corrected chi connectivity index (χ3v) is 7.54. The lowest BCUT2D eigenvalue weighted by atomic mass is 9.65. The van der Waals surface area contributed by atoms with Gasteiger partial charge >= 0.3 is 0 Å². The molecule has 0 aromatic heterocycles. The molecule has 4 rings (SSSR count). The van der Waals surface area contributed by atoms with Gasteiger partial charge in [-0.15, -0.1) is 0 Å². The molecule has 11 heavy (non-hydrogen) atoms. The maximum absolute atomic E-state index is 3.79. The van der Waals surface area contributed by atoms with E-state index in [9.17, 15) is 0 Å². The van der Waals surface area contributed by atoms with Crippen LogP contribution in [0.1, 0.15) is 6.42 Å². The fourth-order valence-electron chi connectivity index (χ4n) is 2.92. The van der Waals surface area contributed by atoms with Gasteiger partial charge in [0.2, 0.25) is 0 Å². The Labute approximate surface area is 91.9 Å². The summed E-state index contributed by atoms with van der Waals surface area (Å²) in [5.74, 6) is 3.84. The maximum Gasteiger partial charge on any atom is 0.0227 e. The van der Waals surface area contributed by atoms with Crippen molar-refractivity contribution in [2.75, 3.05) is 0 Å². The molecule has 0 aromatic carbocycles. The molecule has 7 atom stereocenters. The summed E-state index contributed by atoms with van der Waals surface area (Å²) < 4.78 is 0. The molecule has 0 nitrogen and oxygen atoms in total. The topological polar surface area (TPSA) is 0 Å². The molecule has 0 N–H and O–H groups in total. The van der Waals surface area contributed by atoms with Crippen LogP contribution < -0.4 is 0 Å². The van der Waals surface area contributed by atoms with Gasteiger partial charge in [-0.25, -0.2) is 0 Å². The Balaban J connectivity index is 1.89. The van der Waals surface area contributed by atoms with Crippen LogP contribution in [0.25, 0.3) is 0 Å². The Bertz CT molecular complexity index is 196. The van der Waals surface area contributed by atoms with Gasteiger partial charge in [0.05, 0.1) is 0 Å². The highest BCUT2D eigenvalue weighted by Gasteiger charge is 2.68. The number of hydrogen-bond donors (Lipinski definition) is 0. The Morgan fingerprint density at radius 1 is 0.727 bits per heavy atom. The summed E-state index contributed by atoms with van der Waals surface area (Å²) >= 11 is 11.3. The van der Waals surface area contributed by atoms with Crippen LogP contribution in [0.3, 0.4) is 0 Å². The van der Waals surface area contributed by atoms with Gasteiger partial charge in [-0.1, -0.05) is 47.8 Å². The quantitative estimate of drug-likeness (QED) is 0.592. The summed E-state index contributed by atoms with van der Waals surface area (Å²) in [7, 11) is 0. The summed E-state index contributed by atoms with van der Waals surface area (Å²) in [4.78, 5) is 2.48. The molecule has 0 heterocycles. The van der Waals surface area contributed by atoms with Crippen LogP contribution in [0.15, 0.2) is 0 Å². The lowest BCUT2D eigenvalue weighted by Gasteiger charge is -2.51. The predicted octanol–water partition coefficient (Wildman–Crippen LogP) is 3.17. The summed E-state index contributed by atoms with van der Waals surface area (Å²) in [6.07, 6.45) is 1.43. The van der Waals surface area contributed by atoms with Gasteiger partial charge in [0, 0.05) is 14.5 Å². The highest BCUT2D eigenvalue weighted by Crippen LogP contribution is 2.69. The number of halogens is 3. The molecule has 4 saturated carbocycles. The highest BCUT2D eigenvalue weighted by molar-refractivity contribution is 9.10. The van der Waals surface area contributed by atoms with Crippen LogP contribution in [0.4, 0.5) is 0 Å². The lowest BCUT2D eigenvalue weighted by molar-refractivity contribution is 0.136. The standard InChI is InChI=1S/C8H9Br3/c9-6-2-1-3-7(10)5(4(2)6)8(3)11/h2-8H,1H2/t2-,3?,4-,5?,6+,7-,8?/m1/s1. The van der Waals surface area contributed by atoms with E-state index in [-0.39, 0.29) is 0 Å². The van der Waals surface area contributed by atoms with E-state index in [0.29, 0.717) is 0 Å². The maximum atomic E-state index is 3.79. The molecule has 0 spiro atoms. The predicted molar refractivity (Wildman–Crippen MR) is 56.7 cm³/mol. The first-order valence-corrected chi connectivity index (χ1v) is 6.88. The molecule has 3 unspecified atom stereocenters. The van der Waals surface area contributed by atoms with Gasteiger partial charge in [-0.3, -0.25) is 0 Å². The molecule has 0 saturated heterocycles. The zero-order valence-corrected chi connectivity index (χ0v) is 10.6. The van der Waals surface area contributed by atoms with Crippen molar-refractivity contribution in [1.29, 1.82) is 0 Å². The Morgan fingerprint density at radius 2 is 1.27 bits per heavy atom. The molecule has 4 fully saturated rings. The normalized spacial score (nSPS) is 71.7. The lowest BCUT2D eigenvalue weighted by Crippen LogP contribution is -2.53. The van der Waals surface area contributed by atoms with E-state index in [4.69, 9.17) is 0 Å². The first-order valence-electron chi connectivity index (χ1n) is 4.14. The van der Waals surface area contributed by atoms with Crippen molar-refractivity contribution in [2.45, 2.75) is 20.9 Å². The van der Waals surface area contributed by atoms with Crippen molar-refractivity contribution in [3.8, 4) is 0 Å². The third kappa shape index (κ3) is 0.812. The van der Waals surface area contributed by atoms with Gasteiger partial charge < -0.3 is 0 Å². The second-order valence-corrected chi connectivity index (χ2v) is 7.22. The minimum absolute atomic E-state index is 0.815. The average Bonchev–Trinajstić information content (AvgIpc) is 2.64. The fraction of sp³-hybridized carbons (Fsp3) is 1.00. The summed E-state index contributed by atoms with van der Waals surface area (Å²) in [5, 5.41) is 0. The minimum Gasteiger partial charge on any atom is -0.0884 e. The molecule has 0 radical (unpaired) electrons. The fourth-order valence-corrected chi connectivity index (χ4v) is 7.32. The smallest absolute Gasteiger partial charge is 0.0227 e. The van der Waals surface area contributed by atoms with Crippen LogP contribution in [0.5, 0.6) is 0 Å². The van der Waals surface area contributed by atoms with Crippen LogP contribution >= 0.6 is 47.8 Å². The first kappa shape index (κ1) is 7.81. The van der Waals surface area contributed by atoms with Gasteiger partial charge in [-0.2, -0.15) is 0 Å². The Hall–Kier alpha value is 1.44. The Kier molecular flexibility index (Phi) is 1.61. The van der Waals surface area contributed by atoms with Crippen molar-refractivity contribution in [1.82, 2.24) is 0 Å². The average molecular weight is 345 g/mol. The molecule has 0 amide bonds. The first-order chi connectivity index (χ1) is 5.22. The molecule has 62 valence electrons. The summed E-state index contributed by atoms with van der Waals surface area (Å²) in [6.45, 7) is 0. The van der Waals surface area contributed by atoms with E-state index in [1.54, 1.807) is 0 Å². The molecular formula is C8H9Br3. The third-order valence-electron chi connectivity index (χ3n) is 3.67. The van der Waals surface area contributed by atoms with Gasteiger partial charge in [0.1, 0.15) is 0 Å². The van der Waals surface area contributed by atoms with E-state index in [2.05, 4.69) is 47.8 Å². The monoisotopic (exact) mass is 342 g/mol. The zero-order chi connectivity index (χ0) is 7.75. The van der Waals surface area contributed by atoms with Gasteiger partial charge in [0.15, 0.2) is 0 Å². The number of alkyl halides is 3. The van der Waals surface area contributed by atoms with E-state index >= 15 is 0 Å².